The third kappa shape index (κ3) is 1.16. The van der Waals surface area contributed by atoms with Crippen LogP contribution in [0.2, 0.25) is 19.6 Å². The van der Waals surface area contributed by atoms with Crippen molar-refractivity contribution in [3.63, 3.8) is 0 Å². The fraction of sp³-hybridized carbons (Fsp3) is 0.933. The summed E-state index contributed by atoms with van der Waals surface area (Å²) in [6.07, 6.45) is 3.29. The van der Waals surface area contributed by atoms with E-state index in [0.29, 0.717) is 6.42 Å². The van der Waals surface area contributed by atoms with Crippen LogP contribution in [-0.4, -0.2) is 41.7 Å². The number of epoxide rings is 1. The number of hydrogen-bond donors (Lipinski definition) is 1. The van der Waals surface area contributed by atoms with Crippen LogP contribution in [-0.2, 0) is 14.3 Å². The summed E-state index contributed by atoms with van der Waals surface area (Å²) < 4.78 is 12.0. The van der Waals surface area contributed by atoms with Crippen molar-refractivity contribution in [2.45, 2.75) is 74.8 Å². The lowest BCUT2D eigenvalue weighted by atomic mass is 9.78. The van der Waals surface area contributed by atoms with Gasteiger partial charge in [0.05, 0.1) is 24.8 Å². The Kier molecular flexibility index (Phi) is 2.21. The van der Waals surface area contributed by atoms with Crippen LogP contribution in [0.25, 0.3) is 0 Å². The normalized spacial score (nSPS) is 56.9. The van der Waals surface area contributed by atoms with Gasteiger partial charge in [-0.15, -0.1) is 0 Å². The molecule has 0 aromatic rings. The van der Waals surface area contributed by atoms with Crippen molar-refractivity contribution >= 4 is 14.0 Å². The highest BCUT2D eigenvalue weighted by molar-refractivity contribution is 6.80. The Hall–Kier alpha value is -0.393. The van der Waals surface area contributed by atoms with Crippen LogP contribution in [0.15, 0.2) is 0 Å². The summed E-state index contributed by atoms with van der Waals surface area (Å²) in [6, 6.07) is 0. The third-order valence-electron chi connectivity index (χ3n) is 6.42. The standard InChI is InChI=1S/C15H24O4Si/c1-13(17)8-10-11-9(12(16)18-10)6-5-7-14(20(2,3)4)15(11,13)19-14/h9-11,17H,5-8H2,1-4H3/t9-,10+,11+,13-,14-,15+/m0/s1. The predicted octanol–water partition coefficient (Wildman–Crippen LogP) is 1.87. The van der Waals surface area contributed by atoms with E-state index < -0.39 is 19.3 Å². The highest BCUT2D eigenvalue weighted by atomic mass is 28.3. The number of aliphatic hydroxyl groups is 1. The van der Waals surface area contributed by atoms with Gasteiger partial charge < -0.3 is 14.6 Å². The van der Waals surface area contributed by atoms with Gasteiger partial charge in [-0.2, -0.15) is 0 Å². The van der Waals surface area contributed by atoms with Crippen LogP contribution < -0.4 is 0 Å². The Balaban J connectivity index is 1.88. The van der Waals surface area contributed by atoms with E-state index in [1.165, 1.54) is 0 Å². The lowest BCUT2D eigenvalue weighted by molar-refractivity contribution is -0.146. The first-order chi connectivity index (χ1) is 9.16. The zero-order valence-corrected chi connectivity index (χ0v) is 13.7. The van der Waals surface area contributed by atoms with Gasteiger partial charge in [0.15, 0.2) is 0 Å². The number of carbonyl (C=O) groups excluding carboxylic acids is 1. The molecule has 0 radical (unpaired) electrons. The Morgan fingerprint density at radius 1 is 1.35 bits per heavy atom. The Morgan fingerprint density at radius 3 is 2.70 bits per heavy atom. The first-order valence-electron chi connectivity index (χ1n) is 7.79. The van der Waals surface area contributed by atoms with E-state index in [-0.39, 0.29) is 29.1 Å². The number of ether oxygens (including phenoxy) is 2. The van der Waals surface area contributed by atoms with E-state index in [1.807, 2.05) is 6.92 Å². The van der Waals surface area contributed by atoms with Gasteiger partial charge in [0.1, 0.15) is 11.7 Å². The lowest BCUT2D eigenvalue weighted by Gasteiger charge is -2.34. The molecule has 6 atom stereocenters. The predicted molar refractivity (Wildman–Crippen MR) is 75.8 cm³/mol. The minimum absolute atomic E-state index is 0.0586. The maximum Gasteiger partial charge on any atom is 0.309 e. The summed E-state index contributed by atoms with van der Waals surface area (Å²) in [5, 5.41) is 10.9. The Morgan fingerprint density at radius 2 is 2.05 bits per heavy atom. The highest BCUT2D eigenvalue weighted by Crippen LogP contribution is 2.74. The number of rotatable bonds is 1. The molecule has 4 rings (SSSR count). The van der Waals surface area contributed by atoms with E-state index in [4.69, 9.17) is 9.47 Å². The van der Waals surface area contributed by atoms with E-state index in [0.717, 1.165) is 19.3 Å². The molecule has 1 spiro atoms. The summed E-state index contributed by atoms with van der Waals surface area (Å²) in [6.45, 7) is 8.86. The van der Waals surface area contributed by atoms with Crippen molar-refractivity contribution < 1.29 is 19.4 Å². The lowest BCUT2D eigenvalue weighted by Crippen LogP contribution is -2.56. The molecule has 4 aliphatic rings. The Bertz CT molecular complexity index is 497. The largest absolute Gasteiger partial charge is 0.462 e. The molecule has 2 saturated heterocycles. The molecule has 2 heterocycles. The minimum Gasteiger partial charge on any atom is -0.462 e. The summed E-state index contributed by atoms with van der Waals surface area (Å²) in [5.74, 6) is -0.0503. The monoisotopic (exact) mass is 296 g/mol. The van der Waals surface area contributed by atoms with Gasteiger partial charge in [0.25, 0.3) is 0 Å². The second kappa shape index (κ2) is 3.33. The molecule has 0 aromatic heterocycles. The molecule has 1 N–H and O–H groups in total. The Labute approximate surface area is 120 Å². The van der Waals surface area contributed by atoms with Crippen molar-refractivity contribution in [2.24, 2.45) is 11.8 Å². The molecular weight excluding hydrogens is 272 g/mol. The summed E-state index contributed by atoms with van der Waals surface area (Å²) in [5.41, 5.74) is -1.39. The van der Waals surface area contributed by atoms with Gasteiger partial charge in [-0.25, -0.2) is 0 Å². The number of esters is 1. The van der Waals surface area contributed by atoms with E-state index >= 15 is 0 Å². The fourth-order valence-corrected chi connectivity index (χ4v) is 8.60. The minimum atomic E-state index is -1.63. The number of carbonyl (C=O) groups is 1. The van der Waals surface area contributed by atoms with Gasteiger partial charge in [-0.3, -0.25) is 4.79 Å². The van der Waals surface area contributed by atoms with Gasteiger partial charge in [0.2, 0.25) is 0 Å². The van der Waals surface area contributed by atoms with Crippen molar-refractivity contribution in [2.75, 3.05) is 0 Å². The van der Waals surface area contributed by atoms with Crippen molar-refractivity contribution in [1.82, 2.24) is 0 Å². The molecule has 0 unspecified atom stereocenters. The molecule has 0 aromatic carbocycles. The molecule has 0 amide bonds. The average molecular weight is 296 g/mol. The summed E-state index contributed by atoms with van der Waals surface area (Å²) in [7, 11) is -1.63. The van der Waals surface area contributed by atoms with E-state index in [9.17, 15) is 9.90 Å². The van der Waals surface area contributed by atoms with Crippen LogP contribution in [0, 0.1) is 11.8 Å². The number of hydrogen-bond acceptors (Lipinski definition) is 4. The molecular formula is C15H24O4Si. The molecule has 2 saturated carbocycles. The zero-order valence-electron chi connectivity index (χ0n) is 12.7. The first kappa shape index (κ1) is 13.3. The van der Waals surface area contributed by atoms with Gasteiger partial charge in [-0.1, -0.05) is 19.6 Å². The third-order valence-corrected chi connectivity index (χ3v) is 9.57. The highest BCUT2D eigenvalue weighted by Gasteiger charge is 2.89. The van der Waals surface area contributed by atoms with Gasteiger partial charge in [0, 0.05) is 12.3 Å². The second-order valence-electron chi connectivity index (χ2n) is 8.39. The molecule has 4 fully saturated rings. The van der Waals surface area contributed by atoms with E-state index in [2.05, 4.69) is 19.6 Å². The van der Waals surface area contributed by atoms with Crippen LogP contribution in [0.1, 0.15) is 32.6 Å². The second-order valence-corrected chi connectivity index (χ2v) is 13.7. The van der Waals surface area contributed by atoms with E-state index in [1.54, 1.807) is 0 Å². The van der Waals surface area contributed by atoms with Crippen LogP contribution in [0.5, 0.6) is 0 Å². The molecule has 2 aliphatic carbocycles. The van der Waals surface area contributed by atoms with Crippen LogP contribution in [0.4, 0.5) is 0 Å². The zero-order chi connectivity index (χ0) is 14.6. The van der Waals surface area contributed by atoms with Gasteiger partial charge in [-0.05, 0) is 26.2 Å². The molecule has 5 heteroatoms. The van der Waals surface area contributed by atoms with Crippen molar-refractivity contribution in [3.05, 3.63) is 0 Å². The smallest absolute Gasteiger partial charge is 0.309 e. The quantitative estimate of drug-likeness (QED) is 0.456. The molecule has 4 nitrogen and oxygen atoms in total. The fourth-order valence-electron chi connectivity index (χ4n) is 5.65. The van der Waals surface area contributed by atoms with Crippen molar-refractivity contribution in [3.8, 4) is 0 Å². The van der Waals surface area contributed by atoms with Crippen LogP contribution >= 0.6 is 0 Å². The first-order valence-corrected chi connectivity index (χ1v) is 11.3. The van der Waals surface area contributed by atoms with Crippen LogP contribution in [0.3, 0.4) is 0 Å². The topological polar surface area (TPSA) is 59.1 Å². The molecule has 20 heavy (non-hydrogen) atoms. The molecule has 0 bridgehead atoms. The maximum atomic E-state index is 12.1. The summed E-state index contributed by atoms with van der Waals surface area (Å²) in [4.78, 5) is 12.1. The molecule has 112 valence electrons. The van der Waals surface area contributed by atoms with Gasteiger partial charge >= 0.3 is 5.97 Å². The van der Waals surface area contributed by atoms with Crippen molar-refractivity contribution in [1.29, 1.82) is 0 Å². The average Bonchev–Trinajstić information content (AvgIpc) is 2.84. The SMILES string of the molecule is C[C@]1(O)C[C@H]2OC(=O)[C@H]3CCC[C@@]4([Si](C)(C)C)O[C@]14[C@H]32. The maximum absolute atomic E-state index is 12.1. The summed E-state index contributed by atoms with van der Waals surface area (Å²) >= 11 is 0. The molecule has 2 aliphatic heterocycles.